The molecule has 5 aromatic rings. The Balaban J connectivity index is 1.65. The summed E-state index contributed by atoms with van der Waals surface area (Å²) in [5.41, 5.74) is 2.60. The van der Waals surface area contributed by atoms with Crippen LogP contribution in [-0.4, -0.2) is 20.6 Å². The largest absolute Gasteiger partial charge is 0.449 e. The third-order valence-electron chi connectivity index (χ3n) is 4.83. The predicted octanol–water partition coefficient (Wildman–Crippen LogP) is 5.25. The van der Waals surface area contributed by atoms with Crippen molar-refractivity contribution in [3.8, 4) is 11.3 Å². The van der Waals surface area contributed by atoms with Crippen LogP contribution in [0.5, 0.6) is 0 Å². The molecule has 4 aromatic heterocycles. The van der Waals surface area contributed by atoms with E-state index < -0.39 is 17.6 Å². The second-order valence-electron chi connectivity index (χ2n) is 6.79. The number of alkyl halides is 3. The average molecular weight is 422 g/mol. The van der Waals surface area contributed by atoms with Gasteiger partial charge < -0.3 is 4.42 Å². The van der Waals surface area contributed by atoms with Gasteiger partial charge in [-0.2, -0.15) is 13.2 Å². The summed E-state index contributed by atoms with van der Waals surface area (Å²) >= 11 is 0. The monoisotopic (exact) mass is 422 g/mol. The van der Waals surface area contributed by atoms with Gasteiger partial charge in [0.15, 0.2) is 17.0 Å². The molecule has 0 radical (unpaired) electrons. The predicted molar refractivity (Wildman–Crippen MR) is 108 cm³/mol. The van der Waals surface area contributed by atoms with Crippen molar-refractivity contribution < 1.29 is 22.4 Å². The fourth-order valence-electron chi connectivity index (χ4n) is 3.45. The van der Waals surface area contributed by atoms with E-state index in [1.807, 2.05) is 0 Å². The number of carbonyl (C=O) groups excluding carboxylic acids is 1. The van der Waals surface area contributed by atoms with Crippen molar-refractivity contribution in [1.29, 1.82) is 0 Å². The Labute approximate surface area is 172 Å². The Morgan fingerprint density at radius 3 is 2.65 bits per heavy atom. The molecule has 0 bridgehead atoms. The molecule has 0 aliphatic heterocycles. The zero-order valence-corrected chi connectivity index (χ0v) is 15.7. The molecule has 4 heterocycles. The van der Waals surface area contributed by atoms with Gasteiger partial charge in [0, 0.05) is 28.7 Å². The first-order valence-electron chi connectivity index (χ1n) is 9.20. The van der Waals surface area contributed by atoms with Crippen molar-refractivity contribution in [3.63, 3.8) is 0 Å². The molecule has 31 heavy (non-hydrogen) atoms. The first kappa shape index (κ1) is 18.9. The van der Waals surface area contributed by atoms with Gasteiger partial charge in [0.05, 0.1) is 17.5 Å². The highest BCUT2D eigenvalue weighted by molar-refractivity contribution is 6.02. The lowest BCUT2D eigenvalue weighted by Gasteiger charge is -2.15. The number of rotatable bonds is 3. The van der Waals surface area contributed by atoms with E-state index in [1.165, 1.54) is 41.3 Å². The minimum Gasteiger partial charge on any atom is -0.449 e. The number of hydrogen-bond donors (Lipinski definition) is 1. The number of fused-ring (bicyclic) bond motifs is 2. The molecule has 154 valence electrons. The molecule has 0 atom stereocenters. The first-order chi connectivity index (χ1) is 14.9. The van der Waals surface area contributed by atoms with Crippen LogP contribution < -0.4 is 5.43 Å². The number of pyridine rings is 2. The van der Waals surface area contributed by atoms with Crippen LogP contribution in [0, 0.1) is 0 Å². The van der Waals surface area contributed by atoms with Crippen LogP contribution >= 0.6 is 0 Å². The number of nitrogens with zero attached hydrogens (tertiary/aromatic N) is 3. The number of carbonyl (C=O) groups is 1. The molecule has 1 aromatic carbocycles. The molecule has 0 aliphatic carbocycles. The van der Waals surface area contributed by atoms with Crippen LogP contribution in [0.25, 0.3) is 33.3 Å². The maximum atomic E-state index is 13.6. The zero-order chi connectivity index (χ0) is 21.6. The van der Waals surface area contributed by atoms with Crippen molar-refractivity contribution in [3.05, 3.63) is 84.5 Å². The normalized spacial score (nSPS) is 11.8. The van der Waals surface area contributed by atoms with E-state index in [1.54, 1.807) is 30.5 Å². The first-order valence-corrected chi connectivity index (χ1v) is 9.20. The van der Waals surface area contributed by atoms with Crippen LogP contribution in [0.3, 0.4) is 0 Å². The summed E-state index contributed by atoms with van der Waals surface area (Å²) in [7, 11) is 0. The van der Waals surface area contributed by atoms with Crippen molar-refractivity contribution in [2.75, 3.05) is 5.43 Å². The summed E-state index contributed by atoms with van der Waals surface area (Å²) in [6.45, 7) is 0. The van der Waals surface area contributed by atoms with Crippen LogP contribution in [0.4, 0.5) is 13.2 Å². The fraction of sp³-hybridized carbons (Fsp3) is 0.0455. The van der Waals surface area contributed by atoms with Gasteiger partial charge >= 0.3 is 12.1 Å². The van der Waals surface area contributed by atoms with Crippen molar-refractivity contribution in [2.45, 2.75) is 6.18 Å². The maximum Gasteiger partial charge on any atom is 0.417 e. The Morgan fingerprint density at radius 1 is 1.00 bits per heavy atom. The van der Waals surface area contributed by atoms with Gasteiger partial charge in [0.25, 0.3) is 0 Å². The topological polar surface area (TPSA) is 73.0 Å². The molecule has 9 heteroatoms. The van der Waals surface area contributed by atoms with Crippen molar-refractivity contribution in [1.82, 2.24) is 14.6 Å². The summed E-state index contributed by atoms with van der Waals surface area (Å²) < 4.78 is 47.7. The number of benzene rings is 1. The fourth-order valence-corrected chi connectivity index (χ4v) is 3.45. The number of amides is 1. The van der Waals surface area contributed by atoms with E-state index in [4.69, 9.17) is 4.42 Å². The van der Waals surface area contributed by atoms with Crippen LogP contribution in [-0.2, 0) is 6.18 Å². The van der Waals surface area contributed by atoms with Gasteiger partial charge in [-0.15, -0.1) is 0 Å². The van der Waals surface area contributed by atoms with Gasteiger partial charge in [-0.1, -0.05) is 18.2 Å². The maximum absolute atomic E-state index is 13.6. The molecule has 0 saturated heterocycles. The number of aromatic nitrogens is 3. The minimum absolute atomic E-state index is 0.00385. The third kappa shape index (κ3) is 3.29. The molecule has 0 unspecified atom stereocenters. The highest BCUT2D eigenvalue weighted by atomic mass is 19.4. The number of halogens is 3. The Hall–Kier alpha value is -4.14. The summed E-state index contributed by atoms with van der Waals surface area (Å²) in [6, 6.07) is 13.3. The molecule has 0 spiro atoms. The molecule has 1 amide bonds. The summed E-state index contributed by atoms with van der Waals surface area (Å²) in [6.07, 6.45) is -0.0306. The van der Waals surface area contributed by atoms with Gasteiger partial charge in [-0.25, -0.2) is 9.66 Å². The lowest BCUT2D eigenvalue weighted by Crippen LogP contribution is -2.23. The summed E-state index contributed by atoms with van der Waals surface area (Å²) in [4.78, 5) is 21.1. The van der Waals surface area contributed by atoms with E-state index in [-0.39, 0.29) is 17.0 Å². The van der Waals surface area contributed by atoms with Gasteiger partial charge in [0.1, 0.15) is 0 Å². The molecule has 0 saturated carbocycles. The Bertz CT molecular complexity index is 1400. The lowest BCUT2D eigenvalue weighted by molar-refractivity contribution is -0.137. The van der Waals surface area contributed by atoms with E-state index in [9.17, 15) is 18.0 Å². The van der Waals surface area contributed by atoms with E-state index in [0.717, 1.165) is 6.07 Å². The number of hydrogen-bond acceptors (Lipinski definition) is 4. The number of nitrogens with one attached hydrogen (secondary N) is 1. The lowest BCUT2D eigenvalue weighted by atomic mass is 10.0. The SMILES string of the molecule is O=C(Nn1c(-c2ccccc2C(F)(F)F)cc2cccnc21)c1cc2ccncc2o1. The summed E-state index contributed by atoms with van der Waals surface area (Å²) in [5, 5.41) is 1.25. The average Bonchev–Trinajstić information content (AvgIpc) is 3.35. The Morgan fingerprint density at radius 2 is 1.84 bits per heavy atom. The molecular formula is C22H13F3N4O2. The smallest absolute Gasteiger partial charge is 0.417 e. The summed E-state index contributed by atoms with van der Waals surface area (Å²) in [5.74, 6) is -0.638. The Kier molecular flexibility index (Phi) is 4.25. The van der Waals surface area contributed by atoms with E-state index in [2.05, 4.69) is 15.4 Å². The van der Waals surface area contributed by atoms with E-state index >= 15 is 0 Å². The number of furan rings is 1. The highest BCUT2D eigenvalue weighted by Gasteiger charge is 2.34. The van der Waals surface area contributed by atoms with Crippen molar-refractivity contribution in [2.24, 2.45) is 0 Å². The van der Waals surface area contributed by atoms with Gasteiger partial charge in [0.2, 0.25) is 0 Å². The van der Waals surface area contributed by atoms with E-state index in [0.29, 0.717) is 22.0 Å². The molecule has 0 fully saturated rings. The zero-order valence-electron chi connectivity index (χ0n) is 15.7. The molecule has 5 rings (SSSR count). The van der Waals surface area contributed by atoms with Crippen LogP contribution in [0.2, 0.25) is 0 Å². The second-order valence-corrected chi connectivity index (χ2v) is 6.79. The third-order valence-corrected chi connectivity index (χ3v) is 4.83. The van der Waals surface area contributed by atoms with Crippen LogP contribution in [0.1, 0.15) is 16.1 Å². The van der Waals surface area contributed by atoms with Gasteiger partial charge in [-0.3, -0.25) is 15.2 Å². The second kappa shape index (κ2) is 6.98. The highest BCUT2D eigenvalue weighted by Crippen LogP contribution is 2.38. The molecule has 0 aliphatic rings. The van der Waals surface area contributed by atoms with Gasteiger partial charge in [-0.05, 0) is 36.4 Å². The quantitative estimate of drug-likeness (QED) is 0.431. The molecule has 6 nitrogen and oxygen atoms in total. The molecular weight excluding hydrogens is 409 g/mol. The molecule has 1 N–H and O–H groups in total. The van der Waals surface area contributed by atoms with Crippen molar-refractivity contribution >= 4 is 27.9 Å². The van der Waals surface area contributed by atoms with Crippen LogP contribution in [0.15, 0.2) is 77.6 Å². The standard InChI is InChI=1S/C22H13F3N4O2/c23-22(24,25)16-6-2-1-5-15(16)17-10-14-4-3-8-27-20(14)29(17)28-21(30)18-11-13-7-9-26-12-19(13)31-18/h1-12H,(H,28,30). The minimum atomic E-state index is -4.57.